The van der Waals surface area contributed by atoms with E-state index in [2.05, 4.69) is 15.9 Å². The second kappa shape index (κ2) is 5.70. The van der Waals surface area contributed by atoms with Gasteiger partial charge in [0.15, 0.2) is 0 Å². The minimum Gasteiger partial charge on any atom is -0.299 e. The molecule has 102 valence electrons. The van der Waals surface area contributed by atoms with Crippen molar-refractivity contribution in [3.63, 3.8) is 0 Å². The number of carbonyl (C=O) groups excluding carboxylic acids is 1. The molecule has 0 aliphatic carbocycles. The molecule has 1 atom stereocenters. The largest absolute Gasteiger partial charge is 0.299 e. The second-order valence-corrected chi connectivity index (χ2v) is 6.76. The van der Waals surface area contributed by atoms with E-state index < -0.39 is 0 Å². The monoisotopic (exact) mass is 350 g/mol. The van der Waals surface area contributed by atoms with Crippen molar-refractivity contribution in [1.82, 2.24) is 0 Å². The Labute approximate surface area is 129 Å². The summed E-state index contributed by atoms with van der Waals surface area (Å²) in [7, 11) is 0. The Kier molecular flexibility index (Phi) is 3.94. The number of hydrogen-bond acceptors (Lipinski definition) is 2. The molecule has 20 heavy (non-hydrogen) atoms. The molecule has 3 rings (SSSR count). The van der Waals surface area contributed by atoms with E-state index >= 15 is 0 Å². The molecule has 0 saturated heterocycles. The molecule has 1 aliphatic heterocycles. The lowest BCUT2D eigenvalue weighted by Crippen LogP contribution is -2.15. The number of Topliss-reactive ketones (excluding diaryl/α,β-unsaturated/α-hetero) is 1. The van der Waals surface area contributed by atoms with Crippen molar-refractivity contribution in [1.29, 1.82) is 0 Å². The number of carbonyl (C=O) groups is 1. The predicted molar refractivity (Wildman–Crippen MR) is 82.7 cm³/mol. The van der Waals surface area contributed by atoms with E-state index in [-0.39, 0.29) is 23.9 Å². The Morgan fingerprint density at radius 2 is 2.10 bits per heavy atom. The van der Waals surface area contributed by atoms with E-state index in [1.807, 2.05) is 24.3 Å². The third kappa shape index (κ3) is 2.67. The maximum absolute atomic E-state index is 13.8. The lowest BCUT2D eigenvalue weighted by atomic mass is 9.93. The van der Waals surface area contributed by atoms with Crippen LogP contribution in [0.1, 0.15) is 17.0 Å². The van der Waals surface area contributed by atoms with E-state index in [0.29, 0.717) is 10.0 Å². The van der Waals surface area contributed by atoms with Crippen molar-refractivity contribution >= 4 is 33.5 Å². The summed E-state index contributed by atoms with van der Waals surface area (Å²) in [5.41, 5.74) is 1.55. The van der Waals surface area contributed by atoms with E-state index in [1.165, 1.54) is 11.0 Å². The molecular formula is C16H12BrFOS. The molecule has 0 N–H and O–H groups in total. The molecule has 2 aromatic rings. The fraction of sp³-hybridized carbons (Fsp3) is 0.188. The highest BCUT2D eigenvalue weighted by molar-refractivity contribution is 9.10. The summed E-state index contributed by atoms with van der Waals surface area (Å²) >= 11 is 4.92. The third-order valence-electron chi connectivity index (χ3n) is 3.47. The molecule has 1 heterocycles. The highest BCUT2D eigenvalue weighted by atomic mass is 79.9. The topological polar surface area (TPSA) is 17.1 Å². The van der Waals surface area contributed by atoms with Crippen molar-refractivity contribution < 1.29 is 9.18 Å². The van der Waals surface area contributed by atoms with Crippen LogP contribution in [0.15, 0.2) is 51.8 Å². The molecule has 2 aromatic carbocycles. The van der Waals surface area contributed by atoms with Gasteiger partial charge in [-0.3, -0.25) is 4.79 Å². The lowest BCUT2D eigenvalue weighted by molar-refractivity contribution is -0.119. The van der Waals surface area contributed by atoms with Gasteiger partial charge in [-0.05, 0) is 29.3 Å². The summed E-state index contributed by atoms with van der Waals surface area (Å²) in [5, 5.41) is 0. The first kappa shape index (κ1) is 13.8. The van der Waals surface area contributed by atoms with Gasteiger partial charge in [-0.2, -0.15) is 0 Å². The van der Waals surface area contributed by atoms with Gasteiger partial charge >= 0.3 is 0 Å². The van der Waals surface area contributed by atoms with Gasteiger partial charge in [0.2, 0.25) is 0 Å². The number of benzene rings is 2. The van der Waals surface area contributed by atoms with E-state index in [1.54, 1.807) is 23.9 Å². The van der Waals surface area contributed by atoms with Crippen LogP contribution in [0.5, 0.6) is 0 Å². The smallest absolute Gasteiger partial charge is 0.145 e. The number of fused-ring (bicyclic) bond motifs is 1. The lowest BCUT2D eigenvalue weighted by Gasteiger charge is -2.10. The first-order valence-corrected chi connectivity index (χ1v) is 8.11. The van der Waals surface area contributed by atoms with Crippen LogP contribution in [-0.2, 0) is 11.2 Å². The number of halogens is 2. The van der Waals surface area contributed by atoms with Crippen LogP contribution >= 0.6 is 27.7 Å². The summed E-state index contributed by atoms with van der Waals surface area (Å²) in [6.07, 6.45) is 0.151. The molecule has 0 bridgehead atoms. The van der Waals surface area contributed by atoms with Crippen LogP contribution in [-0.4, -0.2) is 11.5 Å². The van der Waals surface area contributed by atoms with Gasteiger partial charge < -0.3 is 0 Å². The highest BCUT2D eigenvalue weighted by Gasteiger charge is 2.29. The summed E-state index contributed by atoms with van der Waals surface area (Å²) in [6, 6.07) is 12.8. The predicted octanol–water partition coefficient (Wildman–Crippen LogP) is 4.59. The summed E-state index contributed by atoms with van der Waals surface area (Å²) in [6.45, 7) is 0. The highest BCUT2D eigenvalue weighted by Crippen LogP contribution is 2.40. The Morgan fingerprint density at radius 3 is 2.90 bits per heavy atom. The average Bonchev–Trinajstić information content (AvgIpc) is 2.86. The first-order chi connectivity index (χ1) is 9.65. The zero-order valence-electron chi connectivity index (χ0n) is 10.6. The van der Waals surface area contributed by atoms with Gasteiger partial charge in [-0.1, -0.05) is 40.2 Å². The van der Waals surface area contributed by atoms with Gasteiger partial charge in [0.1, 0.15) is 11.6 Å². The normalized spacial score (nSPS) is 17.0. The van der Waals surface area contributed by atoms with Crippen LogP contribution in [0.2, 0.25) is 0 Å². The van der Waals surface area contributed by atoms with Gasteiger partial charge in [0, 0.05) is 21.5 Å². The van der Waals surface area contributed by atoms with Gasteiger partial charge in [0.05, 0.1) is 5.92 Å². The number of thioether (sulfide) groups is 1. The molecule has 1 aliphatic rings. The molecule has 0 fully saturated rings. The van der Waals surface area contributed by atoms with Gasteiger partial charge in [0.25, 0.3) is 0 Å². The molecule has 1 unspecified atom stereocenters. The van der Waals surface area contributed by atoms with Crippen LogP contribution in [0.3, 0.4) is 0 Å². The molecule has 0 radical (unpaired) electrons. The summed E-state index contributed by atoms with van der Waals surface area (Å²) < 4.78 is 14.5. The Hall–Kier alpha value is -1.13. The molecule has 0 spiro atoms. The standard InChI is InChI=1S/C16H12BrFOS/c17-11-6-5-10(14(18)8-11)7-15(19)13-9-20-16-4-2-1-3-12(13)16/h1-6,8,13H,7,9H2. The van der Waals surface area contributed by atoms with Crippen LogP contribution in [0.4, 0.5) is 4.39 Å². The third-order valence-corrected chi connectivity index (χ3v) is 5.14. The quantitative estimate of drug-likeness (QED) is 0.805. The summed E-state index contributed by atoms with van der Waals surface area (Å²) in [4.78, 5) is 13.6. The van der Waals surface area contributed by atoms with E-state index in [4.69, 9.17) is 0 Å². The fourth-order valence-corrected chi connectivity index (χ4v) is 4.00. The second-order valence-electron chi connectivity index (χ2n) is 4.78. The fourth-order valence-electron chi connectivity index (χ4n) is 2.41. The minimum absolute atomic E-state index is 0.0867. The first-order valence-electron chi connectivity index (χ1n) is 6.33. The van der Waals surface area contributed by atoms with E-state index in [9.17, 15) is 9.18 Å². The minimum atomic E-state index is -0.327. The van der Waals surface area contributed by atoms with Crippen molar-refractivity contribution in [3.05, 3.63) is 63.9 Å². The molecule has 1 nitrogen and oxygen atoms in total. The zero-order chi connectivity index (χ0) is 14.1. The van der Waals surface area contributed by atoms with Gasteiger partial charge in [-0.25, -0.2) is 4.39 Å². The zero-order valence-corrected chi connectivity index (χ0v) is 13.0. The maximum atomic E-state index is 13.8. The molecule has 4 heteroatoms. The van der Waals surface area contributed by atoms with E-state index in [0.717, 1.165) is 11.3 Å². The molecule has 0 saturated carbocycles. The SMILES string of the molecule is O=C(Cc1ccc(Br)cc1F)C1CSc2ccccc21. The molecule has 0 amide bonds. The Balaban J connectivity index is 1.81. The van der Waals surface area contributed by atoms with Crippen molar-refractivity contribution in [2.45, 2.75) is 17.2 Å². The number of hydrogen-bond donors (Lipinski definition) is 0. The van der Waals surface area contributed by atoms with Crippen LogP contribution in [0.25, 0.3) is 0 Å². The molecule has 0 aromatic heterocycles. The Morgan fingerprint density at radius 1 is 1.30 bits per heavy atom. The average molecular weight is 351 g/mol. The Bertz CT molecular complexity index is 671. The van der Waals surface area contributed by atoms with Crippen LogP contribution in [0, 0.1) is 5.82 Å². The maximum Gasteiger partial charge on any atom is 0.145 e. The van der Waals surface area contributed by atoms with Crippen molar-refractivity contribution in [2.75, 3.05) is 5.75 Å². The van der Waals surface area contributed by atoms with Crippen molar-refractivity contribution in [2.24, 2.45) is 0 Å². The van der Waals surface area contributed by atoms with Crippen molar-refractivity contribution in [3.8, 4) is 0 Å². The van der Waals surface area contributed by atoms with Gasteiger partial charge in [-0.15, -0.1) is 11.8 Å². The van der Waals surface area contributed by atoms with Crippen LogP contribution < -0.4 is 0 Å². The molecular weight excluding hydrogens is 339 g/mol. The number of rotatable bonds is 3. The number of ketones is 1. The summed E-state index contributed by atoms with van der Waals surface area (Å²) in [5.74, 6) is 0.408.